The van der Waals surface area contributed by atoms with Crippen LogP contribution in [0.1, 0.15) is 45.3 Å². The van der Waals surface area contributed by atoms with Gasteiger partial charge in [-0.05, 0) is 46.1 Å². The molecule has 0 spiro atoms. The predicted molar refractivity (Wildman–Crippen MR) is 63.4 cm³/mol. The van der Waals surface area contributed by atoms with Crippen molar-refractivity contribution in [2.45, 2.75) is 45.8 Å². The summed E-state index contributed by atoms with van der Waals surface area (Å²) < 4.78 is 10.8. The molecule has 1 saturated carbocycles. The zero-order valence-corrected chi connectivity index (χ0v) is 10.8. The molecule has 0 saturated heterocycles. The van der Waals surface area contributed by atoms with E-state index >= 15 is 0 Å². The second kappa shape index (κ2) is 5.14. The summed E-state index contributed by atoms with van der Waals surface area (Å²) in [7, 11) is 0. The van der Waals surface area contributed by atoms with Crippen LogP contribution in [0, 0.1) is 5.92 Å². The highest BCUT2D eigenvalue weighted by molar-refractivity contribution is 4.97. The van der Waals surface area contributed by atoms with Crippen LogP contribution < -0.4 is 5.32 Å². The van der Waals surface area contributed by atoms with E-state index in [2.05, 4.69) is 15.5 Å². The smallest absolute Gasteiger partial charge is 0.240 e. The molecule has 5 nitrogen and oxygen atoms in total. The first-order chi connectivity index (χ1) is 8.12. The second-order valence-corrected chi connectivity index (χ2v) is 5.03. The molecule has 1 aliphatic rings. The lowest BCUT2D eigenvalue weighted by atomic mass is 10.1. The van der Waals surface area contributed by atoms with Gasteiger partial charge in [-0.1, -0.05) is 5.16 Å². The van der Waals surface area contributed by atoms with Gasteiger partial charge in [-0.25, -0.2) is 0 Å². The normalized spacial score (nSPS) is 16.4. The standard InChI is InChI=1S/C12H21N3O2/c1-4-16-12(2,3)11-14-10(17-15-11)8-13-7-9-5-6-9/h9,13H,4-8H2,1-3H3. The largest absolute Gasteiger partial charge is 0.368 e. The summed E-state index contributed by atoms with van der Waals surface area (Å²) in [5, 5.41) is 7.29. The van der Waals surface area contributed by atoms with Crippen LogP contribution in [0.15, 0.2) is 4.52 Å². The SMILES string of the molecule is CCOC(C)(C)c1noc(CNCC2CC2)n1. The summed E-state index contributed by atoms with van der Waals surface area (Å²) in [5.74, 6) is 2.10. The lowest BCUT2D eigenvalue weighted by Gasteiger charge is -2.19. The number of rotatable bonds is 7. The molecule has 0 aromatic carbocycles. The van der Waals surface area contributed by atoms with E-state index in [1.165, 1.54) is 12.8 Å². The van der Waals surface area contributed by atoms with Gasteiger partial charge in [0.2, 0.25) is 11.7 Å². The van der Waals surface area contributed by atoms with Crippen molar-refractivity contribution in [1.82, 2.24) is 15.5 Å². The zero-order chi connectivity index (χ0) is 12.3. The van der Waals surface area contributed by atoms with Crippen molar-refractivity contribution < 1.29 is 9.26 Å². The Hall–Kier alpha value is -0.940. The van der Waals surface area contributed by atoms with E-state index in [4.69, 9.17) is 9.26 Å². The molecule has 0 atom stereocenters. The van der Waals surface area contributed by atoms with Gasteiger partial charge in [-0.3, -0.25) is 0 Å². The van der Waals surface area contributed by atoms with Crippen molar-refractivity contribution in [3.05, 3.63) is 11.7 Å². The Morgan fingerprint density at radius 3 is 2.88 bits per heavy atom. The van der Waals surface area contributed by atoms with Crippen LogP contribution in [-0.4, -0.2) is 23.3 Å². The quantitative estimate of drug-likeness (QED) is 0.786. The highest BCUT2D eigenvalue weighted by atomic mass is 16.5. The van der Waals surface area contributed by atoms with Crippen LogP contribution in [0.25, 0.3) is 0 Å². The minimum Gasteiger partial charge on any atom is -0.368 e. The molecular formula is C12H21N3O2. The lowest BCUT2D eigenvalue weighted by Crippen LogP contribution is -2.23. The van der Waals surface area contributed by atoms with Gasteiger partial charge in [-0.2, -0.15) is 4.98 Å². The number of nitrogens with one attached hydrogen (secondary N) is 1. The molecule has 1 fully saturated rings. The third-order valence-corrected chi connectivity index (χ3v) is 2.92. The topological polar surface area (TPSA) is 60.2 Å². The van der Waals surface area contributed by atoms with E-state index in [1.807, 2.05) is 20.8 Å². The van der Waals surface area contributed by atoms with Crippen LogP contribution in [-0.2, 0) is 16.9 Å². The van der Waals surface area contributed by atoms with Crippen molar-refractivity contribution in [2.24, 2.45) is 5.92 Å². The van der Waals surface area contributed by atoms with E-state index in [0.29, 0.717) is 24.9 Å². The summed E-state index contributed by atoms with van der Waals surface area (Å²) in [4.78, 5) is 4.35. The van der Waals surface area contributed by atoms with Crippen molar-refractivity contribution in [3.63, 3.8) is 0 Å². The van der Waals surface area contributed by atoms with Crippen LogP contribution in [0.2, 0.25) is 0 Å². The first-order valence-electron chi connectivity index (χ1n) is 6.29. The number of hydrogen-bond donors (Lipinski definition) is 1. The average Bonchev–Trinajstić information content (AvgIpc) is 2.94. The Kier molecular flexibility index (Phi) is 3.79. The van der Waals surface area contributed by atoms with Gasteiger partial charge in [0.25, 0.3) is 0 Å². The molecule has 0 amide bonds. The molecule has 5 heteroatoms. The van der Waals surface area contributed by atoms with E-state index in [9.17, 15) is 0 Å². The molecular weight excluding hydrogens is 218 g/mol. The molecule has 1 aromatic heterocycles. The number of hydrogen-bond acceptors (Lipinski definition) is 5. The lowest BCUT2D eigenvalue weighted by molar-refractivity contribution is -0.0221. The highest BCUT2D eigenvalue weighted by Gasteiger charge is 2.27. The molecule has 0 aliphatic heterocycles. The summed E-state index contributed by atoms with van der Waals surface area (Å²) >= 11 is 0. The number of ether oxygens (including phenoxy) is 1. The Bertz CT molecular complexity index is 358. The van der Waals surface area contributed by atoms with Gasteiger partial charge in [0.1, 0.15) is 5.60 Å². The molecule has 1 aromatic rings. The average molecular weight is 239 g/mol. The molecule has 96 valence electrons. The molecule has 1 aliphatic carbocycles. The maximum atomic E-state index is 5.58. The predicted octanol–water partition coefficient (Wildman–Crippen LogP) is 1.84. The minimum atomic E-state index is -0.479. The minimum absolute atomic E-state index is 0.479. The zero-order valence-electron chi connectivity index (χ0n) is 10.8. The van der Waals surface area contributed by atoms with Crippen LogP contribution in [0.3, 0.4) is 0 Å². The monoisotopic (exact) mass is 239 g/mol. The van der Waals surface area contributed by atoms with Gasteiger partial charge in [0.05, 0.1) is 6.54 Å². The summed E-state index contributed by atoms with van der Waals surface area (Å²) in [5.41, 5.74) is -0.479. The van der Waals surface area contributed by atoms with E-state index in [-0.39, 0.29) is 0 Å². The highest BCUT2D eigenvalue weighted by Crippen LogP contribution is 2.27. The van der Waals surface area contributed by atoms with E-state index in [0.717, 1.165) is 12.5 Å². The maximum absolute atomic E-state index is 5.58. The molecule has 0 unspecified atom stereocenters. The van der Waals surface area contributed by atoms with Crippen LogP contribution >= 0.6 is 0 Å². The molecule has 17 heavy (non-hydrogen) atoms. The van der Waals surface area contributed by atoms with Crippen LogP contribution in [0.4, 0.5) is 0 Å². The fourth-order valence-electron chi connectivity index (χ4n) is 1.70. The van der Waals surface area contributed by atoms with Gasteiger partial charge in [0.15, 0.2) is 0 Å². The van der Waals surface area contributed by atoms with Crippen molar-refractivity contribution in [2.75, 3.05) is 13.2 Å². The first-order valence-corrected chi connectivity index (χ1v) is 6.29. The summed E-state index contributed by atoms with van der Waals surface area (Å²) in [6.45, 7) is 8.18. The molecule has 0 bridgehead atoms. The summed E-state index contributed by atoms with van der Waals surface area (Å²) in [6.07, 6.45) is 2.69. The van der Waals surface area contributed by atoms with Crippen molar-refractivity contribution in [3.8, 4) is 0 Å². The second-order valence-electron chi connectivity index (χ2n) is 5.03. The van der Waals surface area contributed by atoms with Gasteiger partial charge in [-0.15, -0.1) is 0 Å². The van der Waals surface area contributed by atoms with E-state index < -0.39 is 5.60 Å². The maximum Gasteiger partial charge on any atom is 0.240 e. The molecule has 0 radical (unpaired) electrons. The molecule has 1 N–H and O–H groups in total. The Morgan fingerprint density at radius 2 is 2.24 bits per heavy atom. The molecule has 1 heterocycles. The van der Waals surface area contributed by atoms with E-state index in [1.54, 1.807) is 0 Å². The van der Waals surface area contributed by atoms with Gasteiger partial charge >= 0.3 is 0 Å². The van der Waals surface area contributed by atoms with Crippen molar-refractivity contribution in [1.29, 1.82) is 0 Å². The first kappa shape index (κ1) is 12.5. The summed E-state index contributed by atoms with van der Waals surface area (Å²) in [6, 6.07) is 0. The van der Waals surface area contributed by atoms with Crippen molar-refractivity contribution >= 4 is 0 Å². The Balaban J connectivity index is 1.85. The Morgan fingerprint density at radius 1 is 1.47 bits per heavy atom. The fraction of sp³-hybridized carbons (Fsp3) is 0.833. The third kappa shape index (κ3) is 3.51. The molecule has 2 rings (SSSR count). The third-order valence-electron chi connectivity index (χ3n) is 2.92. The number of aromatic nitrogens is 2. The van der Waals surface area contributed by atoms with Gasteiger partial charge in [0, 0.05) is 6.61 Å². The fourth-order valence-corrected chi connectivity index (χ4v) is 1.70. The Labute approximate surface area is 102 Å². The van der Waals surface area contributed by atoms with Crippen LogP contribution in [0.5, 0.6) is 0 Å². The number of nitrogens with zero attached hydrogens (tertiary/aromatic N) is 2. The van der Waals surface area contributed by atoms with Gasteiger partial charge < -0.3 is 14.6 Å².